The molecule has 1 fully saturated rings. The van der Waals surface area contributed by atoms with Gasteiger partial charge in [-0.05, 0) is 36.4 Å². The summed E-state index contributed by atoms with van der Waals surface area (Å²) in [4.78, 5) is 28.4. The van der Waals surface area contributed by atoms with Gasteiger partial charge in [0.05, 0.1) is 7.11 Å². The molecule has 1 atom stereocenters. The highest BCUT2D eigenvalue weighted by molar-refractivity contribution is 7.99. The summed E-state index contributed by atoms with van der Waals surface area (Å²) in [6, 6.07) is 6.75. The molecule has 25 heavy (non-hydrogen) atoms. The molecule has 1 N–H and O–H groups in total. The molecule has 1 aromatic carbocycles. The van der Waals surface area contributed by atoms with Gasteiger partial charge in [0.1, 0.15) is 11.8 Å². The summed E-state index contributed by atoms with van der Waals surface area (Å²) in [5, 5.41) is 3.45. The molecule has 1 aliphatic rings. The number of hydrogen-bond acceptors (Lipinski definition) is 4. The van der Waals surface area contributed by atoms with Crippen LogP contribution in [0.4, 0.5) is 10.5 Å². The molecule has 0 radical (unpaired) electrons. The molecule has 3 amide bonds. The lowest BCUT2D eigenvalue weighted by Crippen LogP contribution is -2.60. The minimum Gasteiger partial charge on any atom is -0.497 e. The Morgan fingerprint density at radius 1 is 1.32 bits per heavy atom. The summed E-state index contributed by atoms with van der Waals surface area (Å²) in [6.07, 6.45) is 0. The SMILES string of the molecule is COc1ccc(N2CCN(C(=O)NCCSC(C)C)[C@H](C)C2=O)cc1. The molecule has 2 rings (SSSR count). The van der Waals surface area contributed by atoms with Crippen LogP contribution in [0, 0.1) is 0 Å². The molecule has 0 aliphatic carbocycles. The van der Waals surface area contributed by atoms with Crippen LogP contribution in [0.3, 0.4) is 0 Å². The summed E-state index contributed by atoms with van der Waals surface area (Å²) in [5.41, 5.74) is 0.825. The number of amides is 3. The van der Waals surface area contributed by atoms with Crippen molar-refractivity contribution < 1.29 is 14.3 Å². The van der Waals surface area contributed by atoms with E-state index in [1.165, 1.54) is 0 Å². The molecular weight excluding hydrogens is 338 g/mol. The molecular formula is C18H27N3O3S. The Labute approximate surface area is 153 Å². The Morgan fingerprint density at radius 3 is 2.60 bits per heavy atom. The van der Waals surface area contributed by atoms with Crippen LogP contribution in [0.2, 0.25) is 0 Å². The quantitative estimate of drug-likeness (QED) is 0.787. The number of urea groups is 1. The molecule has 1 aromatic rings. The van der Waals surface area contributed by atoms with Gasteiger partial charge in [-0.3, -0.25) is 4.79 Å². The van der Waals surface area contributed by atoms with Gasteiger partial charge in [0.25, 0.3) is 0 Å². The third-order valence-electron chi connectivity index (χ3n) is 4.13. The normalized spacial score (nSPS) is 17.8. The van der Waals surface area contributed by atoms with E-state index >= 15 is 0 Å². The minimum atomic E-state index is -0.478. The Bertz CT molecular complexity index is 592. The molecule has 1 aliphatic heterocycles. The first kappa shape index (κ1) is 19.4. The van der Waals surface area contributed by atoms with Crippen molar-refractivity contribution in [3.05, 3.63) is 24.3 Å². The Balaban J connectivity index is 1.92. The number of nitrogens with zero attached hydrogens (tertiary/aromatic N) is 2. The molecule has 0 unspecified atom stereocenters. The van der Waals surface area contributed by atoms with Gasteiger partial charge in [-0.25, -0.2) is 4.79 Å². The highest BCUT2D eigenvalue weighted by atomic mass is 32.2. The number of rotatable bonds is 6. The zero-order chi connectivity index (χ0) is 18.4. The number of thioether (sulfide) groups is 1. The first-order valence-corrected chi connectivity index (χ1v) is 9.60. The fourth-order valence-corrected chi connectivity index (χ4v) is 3.41. The summed E-state index contributed by atoms with van der Waals surface area (Å²) in [6.45, 7) is 7.66. The fourth-order valence-electron chi connectivity index (χ4n) is 2.72. The molecule has 0 bridgehead atoms. The van der Waals surface area contributed by atoms with Crippen LogP contribution in [0.25, 0.3) is 0 Å². The van der Waals surface area contributed by atoms with E-state index in [2.05, 4.69) is 19.2 Å². The van der Waals surface area contributed by atoms with Crippen LogP contribution < -0.4 is 15.0 Å². The molecule has 7 heteroatoms. The zero-order valence-corrected chi connectivity index (χ0v) is 16.1. The summed E-state index contributed by atoms with van der Waals surface area (Å²) >= 11 is 1.80. The highest BCUT2D eigenvalue weighted by Crippen LogP contribution is 2.23. The second-order valence-electron chi connectivity index (χ2n) is 6.21. The Morgan fingerprint density at radius 2 is 2.00 bits per heavy atom. The van der Waals surface area contributed by atoms with Gasteiger partial charge in [0.15, 0.2) is 0 Å². The third-order valence-corrected chi connectivity index (χ3v) is 5.24. The number of anilines is 1. The van der Waals surface area contributed by atoms with E-state index in [4.69, 9.17) is 4.74 Å². The molecule has 0 saturated carbocycles. The van der Waals surface area contributed by atoms with E-state index in [1.54, 1.807) is 35.6 Å². The average molecular weight is 365 g/mol. The van der Waals surface area contributed by atoms with Crippen molar-refractivity contribution in [3.63, 3.8) is 0 Å². The summed E-state index contributed by atoms with van der Waals surface area (Å²) < 4.78 is 5.15. The molecule has 138 valence electrons. The number of hydrogen-bond donors (Lipinski definition) is 1. The number of ether oxygens (including phenoxy) is 1. The topological polar surface area (TPSA) is 61.9 Å². The second kappa shape index (κ2) is 8.99. The average Bonchev–Trinajstić information content (AvgIpc) is 2.61. The van der Waals surface area contributed by atoms with Crippen LogP contribution in [0.15, 0.2) is 24.3 Å². The number of methoxy groups -OCH3 is 1. The van der Waals surface area contributed by atoms with Crippen LogP contribution in [0.5, 0.6) is 5.75 Å². The van der Waals surface area contributed by atoms with Gasteiger partial charge in [-0.1, -0.05) is 13.8 Å². The highest BCUT2D eigenvalue weighted by Gasteiger charge is 2.34. The van der Waals surface area contributed by atoms with E-state index < -0.39 is 6.04 Å². The summed E-state index contributed by atoms with van der Waals surface area (Å²) in [7, 11) is 1.61. The lowest BCUT2D eigenvalue weighted by Gasteiger charge is -2.39. The van der Waals surface area contributed by atoms with Crippen molar-refractivity contribution in [3.8, 4) is 5.75 Å². The molecule has 0 aromatic heterocycles. The standard InChI is InChI=1S/C18H27N3O3S/c1-13(2)25-12-9-19-18(23)20-10-11-21(17(22)14(20)3)15-5-7-16(24-4)8-6-15/h5-8,13-14H,9-12H2,1-4H3,(H,19,23)/t14-/m1/s1. The fraction of sp³-hybridized carbons (Fsp3) is 0.556. The van der Waals surface area contributed by atoms with E-state index in [9.17, 15) is 9.59 Å². The number of nitrogens with one attached hydrogen (secondary N) is 1. The molecule has 0 spiro atoms. The predicted octanol–water partition coefficient (Wildman–Crippen LogP) is 2.58. The third kappa shape index (κ3) is 5.04. The van der Waals surface area contributed by atoms with E-state index in [0.717, 1.165) is 17.2 Å². The van der Waals surface area contributed by atoms with Crippen molar-refractivity contribution in [2.45, 2.75) is 32.1 Å². The van der Waals surface area contributed by atoms with Crippen LogP contribution >= 0.6 is 11.8 Å². The van der Waals surface area contributed by atoms with Gasteiger partial charge >= 0.3 is 6.03 Å². The predicted molar refractivity (Wildman–Crippen MR) is 103 cm³/mol. The monoisotopic (exact) mass is 365 g/mol. The lowest BCUT2D eigenvalue weighted by atomic mass is 10.1. The van der Waals surface area contributed by atoms with Gasteiger partial charge in [-0.15, -0.1) is 0 Å². The largest absolute Gasteiger partial charge is 0.497 e. The summed E-state index contributed by atoms with van der Waals surface area (Å²) in [5.74, 6) is 1.56. The molecule has 6 nitrogen and oxygen atoms in total. The van der Waals surface area contributed by atoms with Crippen LogP contribution in [0.1, 0.15) is 20.8 Å². The van der Waals surface area contributed by atoms with E-state index in [0.29, 0.717) is 24.9 Å². The van der Waals surface area contributed by atoms with Gasteiger partial charge in [0, 0.05) is 31.1 Å². The smallest absolute Gasteiger partial charge is 0.318 e. The van der Waals surface area contributed by atoms with Gasteiger partial charge in [-0.2, -0.15) is 11.8 Å². The number of carbonyl (C=O) groups excluding carboxylic acids is 2. The second-order valence-corrected chi connectivity index (χ2v) is 7.89. The van der Waals surface area contributed by atoms with Crippen molar-refractivity contribution in [2.24, 2.45) is 0 Å². The first-order chi connectivity index (χ1) is 11.9. The van der Waals surface area contributed by atoms with Crippen molar-refractivity contribution in [2.75, 3.05) is 37.4 Å². The van der Waals surface area contributed by atoms with Crippen molar-refractivity contribution in [1.29, 1.82) is 0 Å². The van der Waals surface area contributed by atoms with Crippen LogP contribution in [-0.2, 0) is 4.79 Å². The lowest BCUT2D eigenvalue weighted by molar-refractivity contribution is -0.124. The van der Waals surface area contributed by atoms with Gasteiger partial charge < -0.3 is 19.9 Å². The zero-order valence-electron chi connectivity index (χ0n) is 15.3. The van der Waals surface area contributed by atoms with Crippen LogP contribution in [-0.4, -0.2) is 60.6 Å². The number of benzene rings is 1. The maximum atomic E-state index is 12.7. The maximum Gasteiger partial charge on any atom is 0.318 e. The Kier molecular flexibility index (Phi) is 6.99. The van der Waals surface area contributed by atoms with E-state index in [1.807, 2.05) is 24.3 Å². The van der Waals surface area contributed by atoms with Crippen molar-refractivity contribution in [1.82, 2.24) is 10.2 Å². The Hall–Kier alpha value is -1.89. The molecule has 1 heterocycles. The number of piperazine rings is 1. The number of carbonyl (C=O) groups is 2. The van der Waals surface area contributed by atoms with E-state index in [-0.39, 0.29) is 11.9 Å². The van der Waals surface area contributed by atoms with Gasteiger partial charge in [0.2, 0.25) is 5.91 Å². The maximum absolute atomic E-state index is 12.7. The minimum absolute atomic E-state index is 0.0666. The van der Waals surface area contributed by atoms with Crippen molar-refractivity contribution >= 4 is 29.4 Å². The first-order valence-electron chi connectivity index (χ1n) is 8.55. The molecule has 1 saturated heterocycles.